The van der Waals surface area contributed by atoms with Gasteiger partial charge >= 0.3 is 16.8 Å². The Hall–Kier alpha value is 1.37. The van der Waals surface area contributed by atoms with E-state index in [0.29, 0.717) is 0 Å². The summed E-state index contributed by atoms with van der Waals surface area (Å²) in [6.45, 7) is 18.2. The van der Waals surface area contributed by atoms with Crippen LogP contribution in [0.1, 0.15) is 58.2 Å². The fourth-order valence-electron chi connectivity index (χ4n) is 1.33. The Kier molecular flexibility index (Phi) is 19.4. The molecule has 0 N–H and O–H groups in total. The summed E-state index contributed by atoms with van der Waals surface area (Å²) in [5, 5.41) is 0. The zero-order valence-corrected chi connectivity index (χ0v) is 14.7. The molecule has 0 aromatic carbocycles. The van der Waals surface area contributed by atoms with Crippen molar-refractivity contribution in [1.29, 1.82) is 0 Å². The van der Waals surface area contributed by atoms with Crippen molar-refractivity contribution in [2.45, 2.75) is 78.0 Å². The molecule has 0 nitrogen and oxygen atoms in total. The average Bonchev–Trinajstić information content (AvgIpc) is 1.79. The number of rotatable bonds is 4. The molecule has 0 atom stereocenters. The summed E-state index contributed by atoms with van der Waals surface area (Å²) in [4.78, 5) is 0. The normalized spacial score (nSPS) is 10.4. The minimum atomic E-state index is 0. The summed E-state index contributed by atoms with van der Waals surface area (Å²) >= 11 is 0. The van der Waals surface area contributed by atoms with Gasteiger partial charge in [-0.1, -0.05) is 55.4 Å². The molecule has 0 saturated carbocycles. The Bertz CT molecular complexity index is 95.1. The van der Waals surface area contributed by atoms with Crippen LogP contribution >= 0.6 is 17.2 Å². The second-order valence-electron chi connectivity index (χ2n) is 4.95. The van der Waals surface area contributed by atoms with Crippen molar-refractivity contribution in [3.05, 3.63) is 0 Å². The topological polar surface area (TPSA) is 0 Å². The van der Waals surface area contributed by atoms with Crippen molar-refractivity contribution in [2.75, 3.05) is 0 Å². The van der Waals surface area contributed by atoms with Gasteiger partial charge in [0.25, 0.3) is 0 Å². The van der Waals surface area contributed by atoms with Crippen LogP contribution in [0.15, 0.2) is 0 Å². The van der Waals surface area contributed by atoms with Gasteiger partial charge in [0, 0.05) is 0 Å². The molecule has 3 heteroatoms. The molecule has 0 rings (SSSR count). The van der Waals surface area contributed by atoms with Gasteiger partial charge in [-0.3, -0.25) is 0 Å². The first-order valence-electron chi connectivity index (χ1n) is 5.77. The molecule has 0 aliphatic carbocycles. The third kappa shape index (κ3) is 31.3. The van der Waals surface area contributed by atoms with Crippen LogP contribution in [-0.4, -0.2) is 22.6 Å². The van der Waals surface area contributed by atoms with E-state index in [2.05, 4.69) is 55.4 Å². The molecule has 0 saturated heterocycles. The van der Waals surface area contributed by atoms with Crippen LogP contribution in [0, 0.1) is 0 Å². The van der Waals surface area contributed by atoms with Crippen LogP contribution in [0.4, 0.5) is 0 Å². The van der Waals surface area contributed by atoms with Gasteiger partial charge in [0.1, 0.15) is 0 Å². The Morgan fingerprint density at radius 3 is 0.667 bits per heavy atom. The predicted molar refractivity (Wildman–Crippen MR) is 79.4 cm³/mol. The van der Waals surface area contributed by atoms with Gasteiger partial charge in [-0.05, 0) is 22.6 Å². The fourth-order valence-corrected chi connectivity index (χ4v) is 4.00. The average molecular weight is 297 g/mol. The number of hydrogen-bond acceptors (Lipinski definition) is 0. The molecule has 0 spiro atoms. The zero-order chi connectivity index (χ0) is 11.7. The van der Waals surface area contributed by atoms with Crippen LogP contribution in [0.2, 0.25) is 0 Å². The van der Waals surface area contributed by atoms with Gasteiger partial charge in [0.2, 0.25) is 0 Å². The molecule has 0 fully saturated rings. The maximum Gasteiger partial charge on any atom is 2.00 e. The van der Waals surface area contributed by atoms with Crippen LogP contribution in [0.3, 0.4) is 0 Å². The molecule has 0 unspecified atom stereocenters. The summed E-state index contributed by atoms with van der Waals surface area (Å²) in [5.41, 5.74) is 3.61. The second kappa shape index (κ2) is 13.4. The molecule has 0 aliphatic heterocycles. The first kappa shape index (κ1) is 21.6. The van der Waals surface area contributed by atoms with Crippen molar-refractivity contribution in [1.82, 2.24) is 0 Å². The molecular formula is C12H32CoP2. The predicted octanol–water partition coefficient (Wildman–Crippen LogP) is 5.19. The van der Waals surface area contributed by atoms with Crippen molar-refractivity contribution in [2.24, 2.45) is 0 Å². The first-order chi connectivity index (χ1) is 6.25. The molecule has 1 radical (unpaired) electrons. The van der Waals surface area contributed by atoms with Gasteiger partial charge in [0.15, 0.2) is 0 Å². The minimum Gasteiger partial charge on any atom is -1.00 e. The first-order valence-corrected chi connectivity index (χ1v) is 8.08. The van der Waals surface area contributed by atoms with E-state index in [1.165, 1.54) is 0 Å². The van der Waals surface area contributed by atoms with Gasteiger partial charge in [-0.25, -0.2) is 0 Å². The van der Waals surface area contributed by atoms with E-state index >= 15 is 0 Å². The third-order valence-corrected chi connectivity index (χ3v) is 4.00. The quantitative estimate of drug-likeness (QED) is 0.627. The monoisotopic (exact) mass is 297 g/mol. The van der Waals surface area contributed by atoms with Gasteiger partial charge in [-0.2, -0.15) is 0 Å². The molecule has 0 aliphatic rings. The van der Waals surface area contributed by atoms with E-state index in [0.717, 1.165) is 39.8 Å². The van der Waals surface area contributed by atoms with Crippen LogP contribution in [0.5, 0.6) is 0 Å². The molecule has 0 heterocycles. The van der Waals surface area contributed by atoms with E-state index in [1.807, 2.05) is 0 Å². The number of hydrogen-bond donors (Lipinski definition) is 0. The molecule has 0 aromatic rings. The van der Waals surface area contributed by atoms with Crippen molar-refractivity contribution >= 4 is 17.2 Å². The van der Waals surface area contributed by atoms with Crippen LogP contribution in [0.25, 0.3) is 0 Å². The van der Waals surface area contributed by atoms with E-state index < -0.39 is 0 Å². The van der Waals surface area contributed by atoms with Gasteiger partial charge < -0.3 is 2.85 Å². The summed E-state index contributed by atoms with van der Waals surface area (Å²) in [6.07, 6.45) is 0. The Labute approximate surface area is 115 Å². The molecule has 99 valence electrons. The molecule has 0 bridgehead atoms. The summed E-state index contributed by atoms with van der Waals surface area (Å²) in [5.74, 6) is 0. The molecular weight excluding hydrogens is 265 g/mol. The van der Waals surface area contributed by atoms with Crippen LogP contribution < -0.4 is 0 Å². The van der Waals surface area contributed by atoms with Gasteiger partial charge in [-0.15, -0.1) is 17.2 Å². The van der Waals surface area contributed by atoms with E-state index in [4.69, 9.17) is 0 Å². The van der Waals surface area contributed by atoms with E-state index in [9.17, 15) is 0 Å². The van der Waals surface area contributed by atoms with Crippen LogP contribution in [-0.2, 0) is 16.8 Å². The van der Waals surface area contributed by atoms with E-state index in [-0.39, 0.29) is 19.6 Å². The standard InChI is InChI=1S/2C6H15P.Co.2H/c2*1-5(2)7-6(3)4;;;/h2*5-7H,1-4H3;;;/q;;+2;2*-1. The Balaban J connectivity index is -0.0000000480. The SMILES string of the molecule is CC(C)PC(C)C.CC(C)PC(C)C.[Co+2].[H-].[H-]. The summed E-state index contributed by atoms with van der Waals surface area (Å²) in [7, 11) is 2.29. The molecule has 0 amide bonds. The maximum absolute atomic E-state index is 2.28. The van der Waals surface area contributed by atoms with Crippen molar-refractivity contribution in [3.8, 4) is 0 Å². The summed E-state index contributed by atoms with van der Waals surface area (Å²) in [6, 6.07) is 0. The Morgan fingerprint density at radius 2 is 0.667 bits per heavy atom. The maximum atomic E-state index is 2.28. The smallest absolute Gasteiger partial charge is 1.00 e. The van der Waals surface area contributed by atoms with E-state index in [1.54, 1.807) is 0 Å². The Morgan fingerprint density at radius 1 is 0.533 bits per heavy atom. The summed E-state index contributed by atoms with van der Waals surface area (Å²) < 4.78 is 0. The van der Waals surface area contributed by atoms with Gasteiger partial charge in [0.05, 0.1) is 0 Å². The molecule has 0 aromatic heterocycles. The van der Waals surface area contributed by atoms with Crippen molar-refractivity contribution < 1.29 is 19.6 Å². The molecule has 15 heavy (non-hydrogen) atoms. The second-order valence-corrected chi connectivity index (χ2v) is 10.2. The minimum absolute atomic E-state index is 0. The third-order valence-electron chi connectivity index (χ3n) is 1.33. The fraction of sp³-hybridized carbons (Fsp3) is 1.00. The largest absolute Gasteiger partial charge is 2.00 e. The zero-order valence-electron chi connectivity index (χ0n) is 13.6. The van der Waals surface area contributed by atoms with Crippen molar-refractivity contribution in [3.63, 3.8) is 0 Å².